The molecule has 2 rings (SSSR count). The molecule has 0 saturated carbocycles. The van der Waals surface area contributed by atoms with Gasteiger partial charge < -0.3 is 13.6 Å². The minimum atomic E-state index is -0.666. The Labute approximate surface area is 95.2 Å². The monoisotopic (exact) mass is 242 g/mol. The van der Waals surface area contributed by atoms with Gasteiger partial charge in [-0.2, -0.15) is 0 Å². The lowest BCUT2D eigenvalue weighted by Crippen LogP contribution is -2.04. The number of hydrogen-bond donors (Lipinski definition) is 0. The molecule has 0 unspecified atom stereocenters. The van der Waals surface area contributed by atoms with Gasteiger partial charge in [-0.25, -0.2) is 4.79 Å². The molecule has 16 heavy (non-hydrogen) atoms. The molecule has 0 aromatic carbocycles. The lowest BCUT2D eigenvalue weighted by atomic mass is 10.3. The minimum absolute atomic E-state index is 0.113. The maximum absolute atomic E-state index is 11.2. The summed E-state index contributed by atoms with van der Waals surface area (Å²) in [6.07, 6.45) is 1.38. The molecule has 6 nitrogen and oxygen atoms in total. The number of ether oxygens (including phenoxy) is 1. The Bertz CT molecular complexity index is 505. The molecule has 0 aliphatic rings. The first-order chi connectivity index (χ1) is 7.72. The number of hydrogen-bond acceptors (Lipinski definition) is 6. The first-order valence-corrected chi connectivity index (χ1v) is 4.84. The summed E-state index contributed by atoms with van der Waals surface area (Å²) in [5, 5.41) is 7.33. The zero-order chi connectivity index (χ0) is 11.5. The number of carbonyl (C=O) groups is 1. The van der Waals surface area contributed by atoms with Crippen molar-refractivity contribution in [2.75, 3.05) is 6.61 Å². The second-order valence-electron chi connectivity index (χ2n) is 2.74. The fraction of sp³-hybridized carbons (Fsp3) is 0.222. The van der Waals surface area contributed by atoms with Crippen molar-refractivity contribution in [1.29, 1.82) is 0 Å². The Morgan fingerprint density at radius 3 is 3.00 bits per heavy atom. The van der Waals surface area contributed by atoms with Gasteiger partial charge in [-0.3, -0.25) is 0 Å². The van der Waals surface area contributed by atoms with Gasteiger partial charge in [0.05, 0.1) is 18.4 Å². The molecule has 0 saturated heterocycles. The van der Waals surface area contributed by atoms with Gasteiger partial charge in [0.2, 0.25) is 5.22 Å². The van der Waals surface area contributed by atoms with Crippen molar-refractivity contribution >= 4 is 17.6 Å². The molecular weight excluding hydrogens is 236 g/mol. The van der Waals surface area contributed by atoms with Crippen LogP contribution in [0.2, 0.25) is 5.22 Å². The third kappa shape index (κ3) is 1.92. The molecule has 0 spiro atoms. The Morgan fingerprint density at radius 2 is 2.38 bits per heavy atom. The molecule has 0 aliphatic carbocycles. The molecule has 2 aromatic heterocycles. The van der Waals surface area contributed by atoms with Crippen molar-refractivity contribution < 1.29 is 18.4 Å². The summed E-state index contributed by atoms with van der Waals surface area (Å²) in [5.41, 5.74) is 0.435. The summed E-state index contributed by atoms with van der Waals surface area (Å²) < 4.78 is 14.6. The molecule has 0 N–H and O–H groups in total. The summed E-state index contributed by atoms with van der Waals surface area (Å²) in [7, 11) is 0. The summed E-state index contributed by atoms with van der Waals surface area (Å²) in [6.45, 7) is 1.92. The molecule has 0 fully saturated rings. The highest BCUT2D eigenvalue weighted by atomic mass is 35.5. The highest BCUT2D eigenvalue weighted by molar-refractivity contribution is 6.31. The largest absolute Gasteiger partial charge is 0.459 e. The van der Waals surface area contributed by atoms with E-state index in [4.69, 9.17) is 25.2 Å². The Morgan fingerprint density at radius 1 is 1.56 bits per heavy atom. The van der Waals surface area contributed by atoms with Crippen molar-refractivity contribution in [3.05, 3.63) is 23.4 Å². The first kappa shape index (κ1) is 10.7. The van der Waals surface area contributed by atoms with Crippen molar-refractivity contribution in [3.8, 4) is 11.5 Å². The van der Waals surface area contributed by atoms with Crippen molar-refractivity contribution in [2.24, 2.45) is 0 Å². The van der Waals surface area contributed by atoms with Gasteiger partial charge in [-0.05, 0) is 24.6 Å². The fourth-order valence-corrected chi connectivity index (χ4v) is 1.25. The van der Waals surface area contributed by atoms with Crippen LogP contribution in [0.15, 0.2) is 21.2 Å². The van der Waals surface area contributed by atoms with Crippen LogP contribution >= 0.6 is 11.6 Å². The maximum atomic E-state index is 11.2. The van der Waals surface area contributed by atoms with E-state index in [-0.39, 0.29) is 23.6 Å². The summed E-state index contributed by atoms with van der Waals surface area (Å²) in [4.78, 5) is 11.2. The van der Waals surface area contributed by atoms with E-state index in [1.54, 1.807) is 13.0 Å². The van der Waals surface area contributed by atoms with Gasteiger partial charge in [-0.15, -0.1) is 10.2 Å². The van der Waals surface area contributed by atoms with E-state index in [9.17, 15) is 4.79 Å². The quantitative estimate of drug-likeness (QED) is 0.768. The molecule has 2 aromatic rings. The van der Waals surface area contributed by atoms with Crippen LogP contribution in [-0.2, 0) is 4.74 Å². The molecule has 0 radical (unpaired) electrons. The predicted octanol–water partition coefficient (Wildman–Crippen LogP) is 2.16. The van der Waals surface area contributed by atoms with Crippen LogP contribution in [0.1, 0.15) is 17.6 Å². The first-order valence-electron chi connectivity index (χ1n) is 4.46. The number of nitrogens with zero attached hydrogens (tertiary/aromatic N) is 2. The van der Waals surface area contributed by atoms with E-state index in [0.29, 0.717) is 5.56 Å². The van der Waals surface area contributed by atoms with Gasteiger partial charge in [0.1, 0.15) is 0 Å². The van der Waals surface area contributed by atoms with Crippen LogP contribution in [-0.4, -0.2) is 22.8 Å². The Balaban J connectivity index is 2.26. The van der Waals surface area contributed by atoms with E-state index < -0.39 is 5.97 Å². The number of furan rings is 1. The third-order valence-electron chi connectivity index (χ3n) is 1.72. The SMILES string of the molecule is CCOC(=O)c1nnc(-c2ccoc2Cl)o1. The van der Waals surface area contributed by atoms with Crippen LogP contribution in [0.4, 0.5) is 0 Å². The average Bonchev–Trinajstić information content (AvgIpc) is 2.86. The third-order valence-corrected chi connectivity index (χ3v) is 2.02. The lowest BCUT2D eigenvalue weighted by Gasteiger charge is -1.94. The van der Waals surface area contributed by atoms with Crippen molar-refractivity contribution in [2.45, 2.75) is 6.92 Å². The summed E-state index contributed by atoms with van der Waals surface area (Å²) in [5.74, 6) is -0.767. The molecule has 0 aliphatic heterocycles. The zero-order valence-corrected chi connectivity index (χ0v) is 9.02. The highest BCUT2D eigenvalue weighted by Gasteiger charge is 2.19. The Kier molecular flexibility index (Phi) is 2.91. The number of aromatic nitrogens is 2. The highest BCUT2D eigenvalue weighted by Crippen LogP contribution is 2.27. The topological polar surface area (TPSA) is 78.4 Å². The lowest BCUT2D eigenvalue weighted by molar-refractivity contribution is 0.0481. The molecule has 0 amide bonds. The normalized spacial score (nSPS) is 10.4. The Hall–Kier alpha value is -1.82. The standard InChI is InChI=1S/C9H7ClN2O4/c1-2-14-9(13)8-12-11-7(16-8)5-3-4-15-6(5)10/h3-4H,2H2,1H3. The number of carbonyl (C=O) groups excluding carboxylic acids is 1. The predicted molar refractivity (Wildman–Crippen MR) is 53.0 cm³/mol. The van der Waals surface area contributed by atoms with E-state index in [2.05, 4.69) is 10.2 Å². The zero-order valence-electron chi connectivity index (χ0n) is 8.27. The molecule has 2 heterocycles. The molecule has 0 bridgehead atoms. The fourth-order valence-electron chi connectivity index (χ4n) is 1.05. The van der Waals surface area contributed by atoms with Crippen LogP contribution in [0.3, 0.4) is 0 Å². The van der Waals surface area contributed by atoms with Crippen LogP contribution in [0.25, 0.3) is 11.5 Å². The van der Waals surface area contributed by atoms with Gasteiger partial charge in [0.25, 0.3) is 5.89 Å². The molecule has 7 heteroatoms. The second kappa shape index (κ2) is 4.36. The van der Waals surface area contributed by atoms with E-state index in [1.165, 1.54) is 6.26 Å². The second-order valence-corrected chi connectivity index (χ2v) is 3.08. The van der Waals surface area contributed by atoms with E-state index >= 15 is 0 Å². The van der Waals surface area contributed by atoms with Crippen LogP contribution < -0.4 is 0 Å². The number of rotatable bonds is 3. The maximum Gasteiger partial charge on any atom is 0.396 e. The smallest absolute Gasteiger partial charge is 0.396 e. The van der Waals surface area contributed by atoms with Crippen molar-refractivity contribution in [3.63, 3.8) is 0 Å². The minimum Gasteiger partial charge on any atom is -0.459 e. The molecular formula is C9H7ClN2O4. The van der Waals surface area contributed by atoms with Gasteiger partial charge in [-0.1, -0.05) is 0 Å². The van der Waals surface area contributed by atoms with Gasteiger partial charge in [0, 0.05) is 0 Å². The van der Waals surface area contributed by atoms with Crippen LogP contribution in [0.5, 0.6) is 0 Å². The molecule has 84 valence electrons. The average molecular weight is 243 g/mol. The van der Waals surface area contributed by atoms with E-state index in [1.807, 2.05) is 0 Å². The summed E-state index contributed by atoms with van der Waals surface area (Å²) >= 11 is 5.71. The van der Waals surface area contributed by atoms with Crippen molar-refractivity contribution in [1.82, 2.24) is 10.2 Å². The number of halogens is 1. The van der Waals surface area contributed by atoms with Crippen LogP contribution in [0, 0.1) is 0 Å². The van der Waals surface area contributed by atoms with Gasteiger partial charge in [0.15, 0.2) is 0 Å². The van der Waals surface area contributed by atoms with E-state index in [0.717, 1.165) is 0 Å². The molecule has 0 atom stereocenters. The summed E-state index contributed by atoms with van der Waals surface area (Å²) in [6, 6.07) is 1.56. The van der Waals surface area contributed by atoms with Gasteiger partial charge >= 0.3 is 11.9 Å². The number of esters is 1.